The summed E-state index contributed by atoms with van der Waals surface area (Å²) in [4.78, 5) is 18.0. The van der Waals surface area contributed by atoms with Gasteiger partial charge in [-0.3, -0.25) is 14.0 Å². The molecule has 0 unspecified atom stereocenters. The Morgan fingerprint density at radius 2 is 1.09 bits per heavy atom. The van der Waals surface area contributed by atoms with Crippen molar-refractivity contribution in [2.24, 2.45) is 0 Å². The lowest BCUT2D eigenvalue weighted by Crippen LogP contribution is -2.52. The molecule has 45 heavy (non-hydrogen) atoms. The summed E-state index contributed by atoms with van der Waals surface area (Å²) in [6.07, 6.45) is 0. The van der Waals surface area contributed by atoms with Crippen LogP contribution >= 0.6 is 0 Å². The van der Waals surface area contributed by atoms with E-state index in [1.165, 1.54) is 15.4 Å². The van der Waals surface area contributed by atoms with Crippen LogP contribution in [0.25, 0.3) is 0 Å². The molecule has 6 rings (SSSR count). The molecule has 0 radical (unpaired) electrons. The van der Waals surface area contributed by atoms with E-state index in [-0.39, 0.29) is 23.4 Å². The van der Waals surface area contributed by atoms with Gasteiger partial charge in [0.2, 0.25) is 5.91 Å². The second-order valence-electron chi connectivity index (χ2n) is 10.9. The van der Waals surface area contributed by atoms with Crippen LogP contribution < -0.4 is 9.04 Å². The lowest BCUT2D eigenvalue weighted by molar-refractivity contribution is -0.131. The monoisotopic (exact) mass is 617 g/mol. The fraction of sp³-hybridized carbons (Fsp3) is 0.162. The van der Waals surface area contributed by atoms with E-state index in [0.717, 1.165) is 0 Å². The number of benzene rings is 5. The highest BCUT2D eigenvalue weighted by Gasteiger charge is 2.32. The first kappa shape index (κ1) is 30.1. The highest BCUT2D eigenvalue weighted by molar-refractivity contribution is 7.92. The molecule has 0 aromatic heterocycles. The fourth-order valence-corrected chi connectivity index (χ4v) is 7.11. The van der Waals surface area contributed by atoms with E-state index >= 15 is 0 Å². The maximum atomic E-state index is 13.9. The number of piperazine rings is 1. The predicted octanol–water partition coefficient (Wildman–Crippen LogP) is 6.61. The Bertz CT molecular complexity index is 1740. The van der Waals surface area contributed by atoms with Crippen molar-refractivity contribution < 1.29 is 17.9 Å². The normalized spacial score (nSPS) is 13.8. The Morgan fingerprint density at radius 1 is 0.622 bits per heavy atom. The maximum absolute atomic E-state index is 13.9. The zero-order valence-corrected chi connectivity index (χ0v) is 25.7. The number of hydrogen-bond donors (Lipinski definition) is 0. The zero-order chi connectivity index (χ0) is 31.1. The van der Waals surface area contributed by atoms with E-state index in [2.05, 4.69) is 29.2 Å². The van der Waals surface area contributed by atoms with E-state index in [0.29, 0.717) is 43.4 Å². The zero-order valence-electron chi connectivity index (χ0n) is 24.9. The molecule has 1 fully saturated rings. The van der Waals surface area contributed by atoms with Crippen LogP contribution in [-0.2, 0) is 14.8 Å². The Morgan fingerprint density at radius 3 is 1.62 bits per heavy atom. The summed E-state index contributed by atoms with van der Waals surface area (Å²) in [6, 6.07) is 45.2. The molecule has 1 aliphatic heterocycles. The number of carbonyl (C=O) groups excluding carboxylic acids is 1. The summed E-state index contributed by atoms with van der Waals surface area (Å²) in [5.41, 5.74) is 2.78. The Balaban J connectivity index is 1.20. The first-order valence-electron chi connectivity index (χ1n) is 15.0. The molecule has 0 bridgehead atoms. The summed E-state index contributed by atoms with van der Waals surface area (Å²) >= 11 is 0. The van der Waals surface area contributed by atoms with E-state index in [4.69, 9.17) is 4.74 Å². The number of hydrogen-bond acceptors (Lipinski definition) is 5. The molecule has 0 N–H and O–H groups in total. The lowest BCUT2D eigenvalue weighted by Gasteiger charge is -2.40. The molecule has 7 nitrogen and oxygen atoms in total. The van der Waals surface area contributed by atoms with Gasteiger partial charge in [0.15, 0.2) is 0 Å². The van der Waals surface area contributed by atoms with Crippen molar-refractivity contribution in [1.29, 1.82) is 0 Å². The van der Waals surface area contributed by atoms with Gasteiger partial charge in [-0.15, -0.1) is 0 Å². The van der Waals surface area contributed by atoms with E-state index in [1.54, 1.807) is 59.5 Å². The quantitative estimate of drug-likeness (QED) is 0.177. The number of ether oxygens (including phenoxy) is 1. The van der Waals surface area contributed by atoms with Gasteiger partial charge in [0.1, 0.15) is 18.0 Å². The Hall–Kier alpha value is -4.92. The van der Waals surface area contributed by atoms with Gasteiger partial charge in [-0.2, -0.15) is 0 Å². The molecule has 1 heterocycles. The maximum Gasteiger partial charge on any atom is 0.264 e. The third kappa shape index (κ3) is 7.09. The smallest absolute Gasteiger partial charge is 0.264 e. The third-order valence-corrected chi connectivity index (χ3v) is 9.76. The molecule has 0 atom stereocenters. The first-order chi connectivity index (χ1) is 22.0. The molecule has 8 heteroatoms. The average Bonchev–Trinajstić information content (AvgIpc) is 3.10. The number of rotatable bonds is 10. The van der Waals surface area contributed by atoms with Gasteiger partial charge in [0.25, 0.3) is 10.0 Å². The van der Waals surface area contributed by atoms with Crippen molar-refractivity contribution in [2.45, 2.75) is 10.9 Å². The molecule has 0 spiro atoms. The van der Waals surface area contributed by atoms with Crippen LogP contribution in [0.15, 0.2) is 150 Å². The molecule has 5 aromatic carbocycles. The number of nitrogens with zero attached hydrogens (tertiary/aromatic N) is 3. The predicted molar refractivity (Wildman–Crippen MR) is 177 cm³/mol. The lowest BCUT2D eigenvalue weighted by atomic mass is 9.96. The summed E-state index contributed by atoms with van der Waals surface area (Å²) in [7, 11) is -4.02. The van der Waals surface area contributed by atoms with Crippen molar-refractivity contribution in [1.82, 2.24) is 9.80 Å². The number of amides is 1. The third-order valence-electron chi connectivity index (χ3n) is 7.98. The minimum absolute atomic E-state index is 0.0660. The van der Waals surface area contributed by atoms with Crippen molar-refractivity contribution in [2.75, 3.05) is 37.0 Å². The summed E-state index contributed by atoms with van der Waals surface area (Å²) in [6.45, 7) is 2.02. The molecule has 0 saturated carbocycles. The van der Waals surface area contributed by atoms with Crippen molar-refractivity contribution in [3.05, 3.63) is 157 Å². The van der Waals surface area contributed by atoms with E-state index in [9.17, 15) is 13.2 Å². The standard InChI is InChI=1S/C37H35N3O4S/c41-36(38-25-27-39(28-26-38)37(30-13-5-1-6-14-30)31-15-7-2-8-16-31)29-40(45(42,43)35-19-11-4-12-20-35)32-21-23-34(24-22-32)44-33-17-9-3-10-18-33/h1-24,37H,25-29H2. The van der Waals surface area contributed by atoms with Crippen LogP contribution in [0.2, 0.25) is 0 Å². The van der Waals surface area contributed by atoms with Crippen LogP contribution in [0.4, 0.5) is 5.69 Å². The van der Waals surface area contributed by atoms with Crippen LogP contribution in [-0.4, -0.2) is 56.8 Å². The topological polar surface area (TPSA) is 70.2 Å². The van der Waals surface area contributed by atoms with Crippen molar-refractivity contribution >= 4 is 21.6 Å². The van der Waals surface area contributed by atoms with Gasteiger partial charge in [0.05, 0.1) is 16.6 Å². The molecule has 228 valence electrons. The SMILES string of the molecule is O=C(CN(c1ccc(Oc2ccccc2)cc1)S(=O)(=O)c1ccccc1)N1CCN(C(c2ccccc2)c2ccccc2)CC1. The van der Waals surface area contributed by atoms with Gasteiger partial charge < -0.3 is 9.64 Å². The fourth-order valence-electron chi connectivity index (χ4n) is 5.68. The van der Waals surface area contributed by atoms with E-state index < -0.39 is 10.0 Å². The minimum Gasteiger partial charge on any atom is -0.457 e. The largest absolute Gasteiger partial charge is 0.457 e. The van der Waals surface area contributed by atoms with Crippen molar-refractivity contribution in [3.63, 3.8) is 0 Å². The highest BCUT2D eigenvalue weighted by atomic mass is 32.2. The Kier molecular flexibility index (Phi) is 9.24. The average molecular weight is 618 g/mol. The second-order valence-corrected chi connectivity index (χ2v) is 12.7. The van der Waals surface area contributed by atoms with Gasteiger partial charge >= 0.3 is 0 Å². The van der Waals surface area contributed by atoms with Gasteiger partial charge in [-0.25, -0.2) is 8.42 Å². The van der Waals surface area contributed by atoms with Gasteiger partial charge in [-0.1, -0.05) is 97.1 Å². The van der Waals surface area contributed by atoms with Gasteiger partial charge in [-0.05, 0) is 59.7 Å². The number of carbonyl (C=O) groups is 1. The Labute approximate surface area is 265 Å². The first-order valence-corrected chi connectivity index (χ1v) is 16.5. The van der Waals surface area contributed by atoms with Crippen molar-refractivity contribution in [3.8, 4) is 11.5 Å². The van der Waals surface area contributed by atoms with Gasteiger partial charge in [0, 0.05) is 26.2 Å². The molecule has 0 aliphatic carbocycles. The molecular weight excluding hydrogens is 582 g/mol. The molecule has 5 aromatic rings. The summed E-state index contributed by atoms with van der Waals surface area (Å²) < 4.78 is 34.9. The highest BCUT2D eigenvalue weighted by Crippen LogP contribution is 2.31. The molecule has 1 aliphatic rings. The number of sulfonamides is 1. The second kappa shape index (κ2) is 13.8. The van der Waals surface area contributed by atoms with E-state index in [1.807, 2.05) is 66.7 Å². The molecular formula is C37H35N3O4S. The van der Waals surface area contributed by atoms with Crippen LogP contribution in [0, 0.1) is 0 Å². The summed E-state index contributed by atoms with van der Waals surface area (Å²) in [5.74, 6) is 1.00. The van der Waals surface area contributed by atoms with Crippen LogP contribution in [0.1, 0.15) is 17.2 Å². The minimum atomic E-state index is -4.02. The van der Waals surface area contributed by atoms with Crippen LogP contribution in [0.5, 0.6) is 11.5 Å². The number of para-hydroxylation sites is 1. The molecule has 1 amide bonds. The molecule has 1 saturated heterocycles. The summed E-state index contributed by atoms with van der Waals surface area (Å²) in [5, 5.41) is 0. The number of anilines is 1. The van der Waals surface area contributed by atoms with Crippen LogP contribution in [0.3, 0.4) is 0 Å².